The topological polar surface area (TPSA) is 128 Å². The minimum absolute atomic E-state index is 0.0895. The number of carbonyl (C=O) groups is 1. The average molecular weight is 523 g/mol. The number of halogens is 5. The largest absolute Gasteiger partial charge is 0.417 e. The first-order valence-electron chi connectivity index (χ1n) is 9.07. The normalized spacial score (nSPS) is 19.3. The van der Waals surface area contributed by atoms with E-state index in [1.165, 1.54) is 30.3 Å². The van der Waals surface area contributed by atoms with E-state index in [0.29, 0.717) is 16.5 Å². The summed E-state index contributed by atoms with van der Waals surface area (Å²) < 4.78 is 75.1. The Morgan fingerprint density at radius 1 is 1.15 bits per heavy atom. The smallest absolute Gasteiger partial charge is 0.326 e. The summed E-state index contributed by atoms with van der Waals surface area (Å²) in [4.78, 5) is 13.0. The Labute approximate surface area is 196 Å². The van der Waals surface area contributed by atoms with Gasteiger partial charge in [-0.1, -0.05) is 12.1 Å². The molecule has 0 aromatic heterocycles. The first-order valence-corrected chi connectivity index (χ1v) is 11.4. The van der Waals surface area contributed by atoms with Crippen LogP contribution in [0.2, 0.25) is 0 Å². The highest BCUT2D eigenvalue weighted by Crippen LogP contribution is 2.41. The van der Waals surface area contributed by atoms with Crippen molar-refractivity contribution in [3.05, 3.63) is 59.2 Å². The molecule has 1 aliphatic heterocycles. The van der Waals surface area contributed by atoms with Gasteiger partial charge in [-0.3, -0.25) is 14.2 Å². The summed E-state index contributed by atoms with van der Waals surface area (Å²) in [6.45, 7) is 0.162. The van der Waals surface area contributed by atoms with Crippen molar-refractivity contribution in [2.75, 3.05) is 9.80 Å². The van der Waals surface area contributed by atoms with E-state index in [9.17, 15) is 30.9 Å². The Kier molecular flexibility index (Phi) is 6.84. The van der Waals surface area contributed by atoms with E-state index in [-0.39, 0.29) is 12.2 Å². The molecule has 1 amide bonds. The van der Waals surface area contributed by atoms with Crippen LogP contribution in [-0.4, -0.2) is 35.3 Å². The van der Waals surface area contributed by atoms with Gasteiger partial charge in [-0.2, -0.15) is 26.9 Å². The van der Waals surface area contributed by atoms with Gasteiger partial charge < -0.3 is 10.6 Å². The van der Waals surface area contributed by atoms with E-state index in [1.54, 1.807) is 0 Å². The van der Waals surface area contributed by atoms with Crippen molar-refractivity contribution in [1.82, 2.24) is 0 Å². The lowest BCUT2D eigenvalue weighted by molar-refractivity contribution is -0.137. The lowest BCUT2D eigenvalue weighted by Crippen LogP contribution is -2.47. The van der Waals surface area contributed by atoms with E-state index in [0.717, 1.165) is 17.0 Å². The van der Waals surface area contributed by atoms with Gasteiger partial charge >= 0.3 is 16.3 Å². The zero-order valence-electron chi connectivity index (χ0n) is 16.4. The summed E-state index contributed by atoms with van der Waals surface area (Å²) in [7, 11) is -5.13. The second kappa shape index (κ2) is 9.00. The number of hydrogen-bond donors (Lipinski definition) is 2. The third kappa shape index (κ3) is 4.73. The molecule has 0 aliphatic carbocycles. The highest BCUT2D eigenvalue weighted by atomic mass is 35.5. The van der Waals surface area contributed by atoms with Crippen LogP contribution in [0.5, 0.6) is 0 Å². The monoisotopic (exact) mass is 522 g/mol. The Morgan fingerprint density at radius 3 is 2.18 bits per heavy atom. The number of nitriles is 1. The number of carbonyl (C=O) groups excluding carboxylic acids is 1. The molecule has 0 spiro atoms. The maximum Gasteiger partial charge on any atom is 0.417 e. The molecule has 176 valence electrons. The molecule has 3 rings (SSSR count). The first-order chi connectivity index (χ1) is 15.3. The van der Waals surface area contributed by atoms with Crippen LogP contribution < -0.4 is 15.5 Å². The quantitative estimate of drug-likeness (QED) is 0.455. The fourth-order valence-electron chi connectivity index (χ4n) is 3.50. The summed E-state index contributed by atoms with van der Waals surface area (Å²) >= 11 is 11.9. The van der Waals surface area contributed by atoms with Crippen LogP contribution in [0.3, 0.4) is 0 Å². The van der Waals surface area contributed by atoms with Crippen LogP contribution in [0.1, 0.15) is 16.7 Å². The van der Waals surface area contributed by atoms with Crippen molar-refractivity contribution in [3.8, 4) is 6.07 Å². The van der Waals surface area contributed by atoms with E-state index in [1.807, 2.05) is 0 Å². The van der Waals surface area contributed by atoms with Crippen LogP contribution >= 0.6 is 23.2 Å². The summed E-state index contributed by atoms with van der Waals surface area (Å²) in [6.07, 6.45) is -4.98. The van der Waals surface area contributed by atoms with Crippen molar-refractivity contribution in [3.63, 3.8) is 0 Å². The Balaban J connectivity index is 2.25. The van der Waals surface area contributed by atoms with Gasteiger partial charge in [-0.25, -0.2) is 0 Å². The molecule has 1 fully saturated rings. The number of hydrogen-bond acceptors (Lipinski definition) is 6. The second-order valence-electron chi connectivity index (χ2n) is 6.95. The van der Waals surface area contributed by atoms with Crippen molar-refractivity contribution >= 4 is 50.6 Å². The minimum Gasteiger partial charge on any atom is -0.326 e. The first kappa shape index (κ1) is 25.1. The van der Waals surface area contributed by atoms with Crippen LogP contribution in [-0.2, 0) is 27.6 Å². The summed E-state index contributed by atoms with van der Waals surface area (Å²) in [5, 5.41) is 9.00. The third-order valence-electron chi connectivity index (χ3n) is 4.93. The van der Waals surface area contributed by atoms with Gasteiger partial charge in [0.25, 0.3) is 5.91 Å². The van der Waals surface area contributed by atoms with Crippen molar-refractivity contribution in [2.24, 2.45) is 5.73 Å². The van der Waals surface area contributed by atoms with Gasteiger partial charge in [0.05, 0.1) is 17.2 Å². The lowest BCUT2D eigenvalue weighted by Gasteiger charge is -2.31. The molecule has 3 N–H and O–H groups in total. The Morgan fingerprint density at radius 2 is 1.73 bits per heavy atom. The van der Waals surface area contributed by atoms with Crippen molar-refractivity contribution in [1.29, 1.82) is 5.26 Å². The molecule has 2 aromatic rings. The van der Waals surface area contributed by atoms with E-state index < -0.39 is 55.4 Å². The van der Waals surface area contributed by atoms with Gasteiger partial charge in [0.15, 0.2) is 0 Å². The zero-order valence-corrected chi connectivity index (χ0v) is 18.7. The predicted octanol–water partition coefficient (Wildman–Crippen LogP) is 3.23. The number of benzene rings is 2. The molecule has 2 atom stereocenters. The molecule has 14 heteroatoms. The number of nitrogens with two attached hydrogens (primary N) is 1. The van der Waals surface area contributed by atoms with Gasteiger partial charge in [0, 0.05) is 17.9 Å². The molecule has 0 saturated carbocycles. The van der Waals surface area contributed by atoms with Gasteiger partial charge in [-0.05, 0) is 35.9 Å². The number of amides is 1. The third-order valence-corrected chi connectivity index (χ3v) is 6.38. The van der Waals surface area contributed by atoms with E-state index in [4.69, 9.17) is 34.2 Å². The van der Waals surface area contributed by atoms with Crippen LogP contribution in [0.25, 0.3) is 0 Å². The molecule has 1 aliphatic rings. The summed E-state index contributed by atoms with van der Waals surface area (Å²) in [6, 6.07) is 7.88. The van der Waals surface area contributed by atoms with E-state index in [2.05, 4.69) is 0 Å². The highest BCUT2D eigenvalue weighted by molar-refractivity contribution is 7.86. The van der Waals surface area contributed by atoms with E-state index >= 15 is 0 Å². The maximum atomic E-state index is 13.5. The molecule has 1 heterocycles. The molecule has 33 heavy (non-hydrogen) atoms. The van der Waals surface area contributed by atoms with Gasteiger partial charge in [0.2, 0.25) is 5.50 Å². The Bertz CT molecular complexity index is 1220. The summed E-state index contributed by atoms with van der Waals surface area (Å²) in [5.41, 5.74) is 1.46. The highest BCUT2D eigenvalue weighted by Gasteiger charge is 2.55. The summed E-state index contributed by atoms with van der Waals surface area (Å²) in [5.74, 6) is -1.08. The fraction of sp³-hybridized carbons (Fsp3) is 0.263. The molecule has 0 bridgehead atoms. The number of anilines is 2. The molecular formula is C19H15Cl2F3N4O4S. The maximum absolute atomic E-state index is 13.5. The number of alkyl halides is 5. The molecule has 0 radical (unpaired) electrons. The van der Waals surface area contributed by atoms with Gasteiger partial charge in [0.1, 0.15) is 10.9 Å². The molecular weight excluding hydrogens is 508 g/mol. The molecule has 2 aromatic carbocycles. The average Bonchev–Trinajstić information content (AvgIpc) is 3.06. The molecule has 1 saturated heterocycles. The number of nitrogens with zero attached hydrogens (tertiary/aromatic N) is 3. The zero-order chi connectivity index (χ0) is 24.7. The van der Waals surface area contributed by atoms with Crippen molar-refractivity contribution < 1.29 is 30.9 Å². The van der Waals surface area contributed by atoms with Gasteiger partial charge in [-0.15, -0.1) is 23.2 Å². The van der Waals surface area contributed by atoms with Crippen molar-refractivity contribution in [2.45, 2.75) is 29.1 Å². The Hall–Kier alpha value is -2.56. The van der Waals surface area contributed by atoms with Crippen LogP contribution in [0.15, 0.2) is 42.5 Å². The van der Waals surface area contributed by atoms with Crippen LogP contribution in [0, 0.1) is 11.3 Å². The SMILES string of the molecule is N#Cc1ccc(N2C(=O)C(C(Cl)Cl)N(c3ccc(CN)cc3)C2S(=O)(=O)O)cc1C(F)(F)F. The standard InChI is InChI=1S/C19H15Cl2F3N4O4S/c20-16(21)15-17(29)28(13-6-3-11(9-26)14(7-13)19(22,23)24)18(33(30,31)32)27(15)12-4-1-10(8-25)2-5-12/h1-7,15-16,18H,8,25H2,(H,30,31,32). The molecule has 8 nitrogen and oxygen atoms in total. The fourth-order valence-corrected chi connectivity index (χ4v) is 4.99. The minimum atomic E-state index is -5.13. The van der Waals surface area contributed by atoms with Crippen LogP contribution in [0.4, 0.5) is 24.5 Å². The lowest BCUT2D eigenvalue weighted by atomic mass is 10.1. The second-order valence-corrected chi connectivity index (χ2v) is 9.56. The molecule has 2 unspecified atom stereocenters. The number of rotatable bonds is 5. The predicted molar refractivity (Wildman–Crippen MR) is 115 cm³/mol.